The fourth-order valence-corrected chi connectivity index (χ4v) is 2.59. The van der Waals surface area contributed by atoms with Crippen molar-refractivity contribution in [3.8, 4) is 0 Å². The van der Waals surface area contributed by atoms with Gasteiger partial charge in [-0.05, 0) is 12.8 Å². The summed E-state index contributed by atoms with van der Waals surface area (Å²) in [4.78, 5) is 35.3. The van der Waals surface area contributed by atoms with Crippen molar-refractivity contribution in [3.63, 3.8) is 0 Å². The Bertz CT molecular complexity index is 383. The summed E-state index contributed by atoms with van der Waals surface area (Å²) in [5.41, 5.74) is -0.753. The van der Waals surface area contributed by atoms with Crippen LogP contribution in [0.15, 0.2) is 0 Å². The van der Waals surface area contributed by atoms with E-state index in [1.807, 2.05) is 0 Å². The lowest BCUT2D eigenvalue weighted by Gasteiger charge is -2.19. The number of amides is 2. The van der Waals surface area contributed by atoms with Crippen LogP contribution in [0.2, 0.25) is 0 Å². The summed E-state index contributed by atoms with van der Waals surface area (Å²) in [7, 11) is 1.21. The highest BCUT2D eigenvalue weighted by Gasteiger charge is 2.55. The topological polar surface area (TPSA) is 95.9 Å². The molecule has 7 heteroatoms. The Kier molecular flexibility index (Phi) is 2.68. The standard InChI is InChI=1S/C10H14N2O5/c1-17-7(13)6-4-10(2-3-11-8(10)14)5-12(6)9(15)16/h6H,2-5H2,1H3,(H,11,14)(H,15,16)/t6-,10-/m0/s1. The number of carbonyl (C=O) groups is 3. The number of ether oxygens (including phenoxy) is 1. The summed E-state index contributed by atoms with van der Waals surface area (Å²) >= 11 is 0. The Morgan fingerprint density at radius 1 is 1.59 bits per heavy atom. The SMILES string of the molecule is COC(=O)[C@@H]1C[C@@]2(CCNC2=O)CN1C(=O)O. The molecule has 2 rings (SSSR count). The van der Waals surface area contributed by atoms with Crippen LogP contribution in [0.4, 0.5) is 4.79 Å². The van der Waals surface area contributed by atoms with Gasteiger partial charge in [0.1, 0.15) is 6.04 Å². The van der Waals surface area contributed by atoms with Gasteiger partial charge in [-0.2, -0.15) is 0 Å². The van der Waals surface area contributed by atoms with Crippen LogP contribution < -0.4 is 5.32 Å². The minimum absolute atomic E-state index is 0.0634. The van der Waals surface area contributed by atoms with Crippen LogP contribution in [0.25, 0.3) is 0 Å². The molecule has 17 heavy (non-hydrogen) atoms. The average Bonchev–Trinajstić information content (AvgIpc) is 2.84. The smallest absolute Gasteiger partial charge is 0.408 e. The van der Waals surface area contributed by atoms with E-state index in [0.29, 0.717) is 13.0 Å². The van der Waals surface area contributed by atoms with Crippen molar-refractivity contribution in [2.75, 3.05) is 20.2 Å². The van der Waals surface area contributed by atoms with Gasteiger partial charge < -0.3 is 15.2 Å². The predicted octanol–water partition coefficient (Wildman–Crippen LogP) is -0.582. The fraction of sp³-hybridized carbons (Fsp3) is 0.700. The zero-order chi connectivity index (χ0) is 12.6. The molecule has 2 saturated heterocycles. The Hall–Kier alpha value is -1.79. The molecular formula is C10H14N2O5. The number of likely N-dealkylation sites (tertiary alicyclic amines) is 1. The molecule has 0 aromatic rings. The lowest BCUT2D eigenvalue weighted by molar-refractivity contribution is -0.145. The molecule has 2 aliphatic heterocycles. The van der Waals surface area contributed by atoms with Gasteiger partial charge in [0.2, 0.25) is 5.91 Å². The highest BCUT2D eigenvalue weighted by molar-refractivity contribution is 5.89. The number of rotatable bonds is 1. The maximum absolute atomic E-state index is 11.7. The van der Waals surface area contributed by atoms with E-state index in [2.05, 4.69) is 10.1 Å². The molecule has 0 bridgehead atoms. The van der Waals surface area contributed by atoms with Gasteiger partial charge in [0.15, 0.2) is 0 Å². The molecule has 2 atom stereocenters. The summed E-state index contributed by atoms with van der Waals surface area (Å²) in [6.45, 7) is 0.591. The van der Waals surface area contributed by atoms with E-state index >= 15 is 0 Å². The summed E-state index contributed by atoms with van der Waals surface area (Å²) in [5.74, 6) is -0.779. The lowest BCUT2D eigenvalue weighted by Crippen LogP contribution is -2.40. The number of carbonyl (C=O) groups excluding carboxylic acids is 2. The Labute approximate surface area is 97.7 Å². The maximum atomic E-state index is 11.7. The van der Waals surface area contributed by atoms with E-state index in [4.69, 9.17) is 5.11 Å². The molecule has 0 aliphatic carbocycles. The lowest BCUT2D eigenvalue weighted by atomic mass is 9.84. The van der Waals surface area contributed by atoms with E-state index < -0.39 is 23.5 Å². The molecule has 0 saturated carbocycles. The third-order valence-electron chi connectivity index (χ3n) is 3.52. The number of nitrogens with one attached hydrogen (secondary N) is 1. The summed E-state index contributed by atoms with van der Waals surface area (Å²) in [5, 5.41) is 11.7. The van der Waals surface area contributed by atoms with Crippen molar-refractivity contribution in [3.05, 3.63) is 0 Å². The van der Waals surface area contributed by atoms with Crippen LogP contribution in [0, 0.1) is 5.41 Å². The van der Waals surface area contributed by atoms with Crippen LogP contribution in [0.1, 0.15) is 12.8 Å². The monoisotopic (exact) mass is 242 g/mol. The van der Waals surface area contributed by atoms with Crippen molar-refractivity contribution in [1.82, 2.24) is 10.2 Å². The number of carboxylic acid groups (broad SMARTS) is 1. The Morgan fingerprint density at radius 2 is 2.29 bits per heavy atom. The largest absolute Gasteiger partial charge is 0.467 e. The van der Waals surface area contributed by atoms with Crippen LogP contribution in [-0.2, 0) is 14.3 Å². The van der Waals surface area contributed by atoms with Crippen molar-refractivity contribution in [1.29, 1.82) is 0 Å². The first-order chi connectivity index (χ1) is 8.00. The van der Waals surface area contributed by atoms with E-state index in [1.54, 1.807) is 0 Å². The van der Waals surface area contributed by atoms with Gasteiger partial charge in [-0.1, -0.05) is 0 Å². The molecule has 0 aromatic heterocycles. The highest BCUT2D eigenvalue weighted by atomic mass is 16.5. The van der Waals surface area contributed by atoms with Gasteiger partial charge >= 0.3 is 12.1 Å². The third kappa shape index (κ3) is 1.71. The second-order valence-corrected chi connectivity index (χ2v) is 4.44. The first kappa shape index (κ1) is 11.7. The molecule has 2 N–H and O–H groups in total. The van der Waals surface area contributed by atoms with Gasteiger partial charge in [-0.3, -0.25) is 9.69 Å². The zero-order valence-corrected chi connectivity index (χ0v) is 9.43. The quantitative estimate of drug-likeness (QED) is 0.599. The number of nitrogens with zero attached hydrogens (tertiary/aromatic N) is 1. The van der Waals surface area contributed by atoms with E-state index in [9.17, 15) is 14.4 Å². The van der Waals surface area contributed by atoms with Gasteiger partial charge in [-0.15, -0.1) is 0 Å². The number of methoxy groups -OCH3 is 1. The number of hydrogen-bond acceptors (Lipinski definition) is 4. The Balaban J connectivity index is 2.25. The average molecular weight is 242 g/mol. The number of esters is 1. The van der Waals surface area contributed by atoms with E-state index in [-0.39, 0.29) is 18.9 Å². The summed E-state index contributed by atoms with van der Waals surface area (Å²) < 4.78 is 4.58. The number of hydrogen-bond donors (Lipinski definition) is 2. The van der Waals surface area contributed by atoms with Crippen molar-refractivity contribution in [2.45, 2.75) is 18.9 Å². The van der Waals surface area contributed by atoms with Crippen LogP contribution in [0.3, 0.4) is 0 Å². The molecule has 2 fully saturated rings. The first-order valence-corrected chi connectivity index (χ1v) is 5.36. The highest BCUT2D eigenvalue weighted by Crippen LogP contribution is 2.40. The zero-order valence-electron chi connectivity index (χ0n) is 9.43. The second-order valence-electron chi connectivity index (χ2n) is 4.44. The molecule has 2 heterocycles. The summed E-state index contributed by atoms with van der Waals surface area (Å²) in [6, 6.07) is -0.874. The van der Waals surface area contributed by atoms with Crippen LogP contribution >= 0.6 is 0 Å². The van der Waals surface area contributed by atoms with Crippen molar-refractivity contribution in [2.24, 2.45) is 5.41 Å². The van der Waals surface area contributed by atoms with Gasteiger partial charge in [-0.25, -0.2) is 9.59 Å². The van der Waals surface area contributed by atoms with E-state index in [0.717, 1.165) is 4.90 Å². The van der Waals surface area contributed by atoms with Gasteiger partial charge in [0.25, 0.3) is 0 Å². The summed E-state index contributed by atoms with van der Waals surface area (Å²) in [6.07, 6.45) is -0.432. The van der Waals surface area contributed by atoms with Gasteiger partial charge in [0.05, 0.1) is 12.5 Å². The van der Waals surface area contributed by atoms with Crippen molar-refractivity contribution >= 4 is 18.0 Å². The molecule has 0 aromatic carbocycles. The normalized spacial score (nSPS) is 31.7. The molecule has 1 spiro atoms. The van der Waals surface area contributed by atoms with Gasteiger partial charge in [0, 0.05) is 13.1 Å². The fourth-order valence-electron chi connectivity index (χ4n) is 2.59. The van der Waals surface area contributed by atoms with Crippen molar-refractivity contribution < 1.29 is 24.2 Å². The molecule has 2 aliphatic rings. The minimum Gasteiger partial charge on any atom is -0.467 e. The molecule has 0 radical (unpaired) electrons. The molecule has 0 unspecified atom stereocenters. The maximum Gasteiger partial charge on any atom is 0.408 e. The Morgan fingerprint density at radius 3 is 2.76 bits per heavy atom. The van der Waals surface area contributed by atoms with Crippen LogP contribution in [0.5, 0.6) is 0 Å². The second kappa shape index (κ2) is 3.90. The third-order valence-corrected chi connectivity index (χ3v) is 3.52. The van der Waals surface area contributed by atoms with Crippen LogP contribution in [-0.4, -0.2) is 54.2 Å². The molecule has 7 nitrogen and oxygen atoms in total. The molecule has 94 valence electrons. The molecular weight excluding hydrogens is 228 g/mol. The first-order valence-electron chi connectivity index (χ1n) is 5.36. The molecule has 2 amide bonds. The predicted molar refractivity (Wildman–Crippen MR) is 55.2 cm³/mol. The van der Waals surface area contributed by atoms with E-state index in [1.165, 1.54) is 7.11 Å². The minimum atomic E-state index is -1.20.